The van der Waals surface area contributed by atoms with Crippen molar-refractivity contribution in [2.24, 2.45) is 11.8 Å². The maximum atomic E-state index is 11.1. The van der Waals surface area contributed by atoms with Crippen molar-refractivity contribution in [3.63, 3.8) is 0 Å². The molecule has 0 spiro atoms. The molecule has 2 aliphatic carbocycles. The average Bonchev–Trinajstić information content (AvgIpc) is 2.81. The van der Waals surface area contributed by atoms with Crippen molar-refractivity contribution >= 4 is 5.97 Å². The molecule has 0 saturated carbocycles. The first kappa shape index (κ1) is 10.4. The van der Waals surface area contributed by atoms with Gasteiger partial charge in [-0.2, -0.15) is 0 Å². The van der Waals surface area contributed by atoms with Gasteiger partial charge in [-0.05, 0) is 18.8 Å². The van der Waals surface area contributed by atoms with Crippen molar-refractivity contribution in [3.8, 4) is 0 Å². The van der Waals surface area contributed by atoms with Crippen LogP contribution in [0, 0.1) is 11.8 Å². The van der Waals surface area contributed by atoms with Crippen LogP contribution >= 0.6 is 0 Å². The highest BCUT2D eigenvalue weighted by atomic mass is 16.5. The van der Waals surface area contributed by atoms with Gasteiger partial charge in [0.25, 0.3) is 0 Å². The molecule has 0 aromatic heterocycles. The van der Waals surface area contributed by atoms with Gasteiger partial charge in [-0.3, -0.25) is 0 Å². The van der Waals surface area contributed by atoms with E-state index >= 15 is 0 Å². The molecule has 0 unspecified atom stereocenters. The van der Waals surface area contributed by atoms with Gasteiger partial charge in [0, 0.05) is 12.3 Å². The predicted molar refractivity (Wildman–Crippen MR) is 56.1 cm³/mol. The second kappa shape index (κ2) is 4.19. The summed E-state index contributed by atoms with van der Waals surface area (Å²) in [6.45, 7) is 0. The second-order valence-electron chi connectivity index (χ2n) is 4.21. The number of hydrogen-bond donors (Lipinski definition) is 1. The summed E-state index contributed by atoms with van der Waals surface area (Å²) in [6.07, 6.45) is 8.14. The Balaban J connectivity index is 1.95. The largest absolute Gasteiger partial charge is 0.467 e. The molecule has 0 amide bonds. The fourth-order valence-electron chi connectivity index (χ4n) is 2.47. The van der Waals surface area contributed by atoms with E-state index < -0.39 is 12.1 Å². The molecule has 0 fully saturated rings. The Morgan fingerprint density at radius 1 is 1.67 bits per heavy atom. The van der Waals surface area contributed by atoms with E-state index in [9.17, 15) is 9.90 Å². The molecule has 2 aliphatic rings. The Kier molecular flexibility index (Phi) is 2.91. The molecule has 82 valence electrons. The number of aliphatic hydroxyl groups excluding tert-OH is 1. The average molecular weight is 208 g/mol. The molecule has 1 N–H and O–H groups in total. The minimum atomic E-state index is -1.01. The maximum absolute atomic E-state index is 11.1. The smallest absolute Gasteiger partial charge is 0.335 e. The highest BCUT2D eigenvalue weighted by Crippen LogP contribution is 2.41. The number of carbonyl (C=O) groups is 1. The molecule has 0 aromatic carbocycles. The van der Waals surface area contributed by atoms with Crippen LogP contribution in [0.2, 0.25) is 0 Å². The predicted octanol–water partition coefficient (Wildman–Crippen LogP) is 1.43. The number of rotatable bonds is 3. The molecule has 2 rings (SSSR count). The molecule has 0 aliphatic heterocycles. The van der Waals surface area contributed by atoms with E-state index in [1.807, 2.05) is 0 Å². The summed E-state index contributed by atoms with van der Waals surface area (Å²) in [5.41, 5.74) is 1.19. The van der Waals surface area contributed by atoms with Crippen LogP contribution in [0.15, 0.2) is 23.8 Å². The van der Waals surface area contributed by atoms with E-state index in [1.165, 1.54) is 12.7 Å². The van der Waals surface area contributed by atoms with Gasteiger partial charge in [0.2, 0.25) is 0 Å². The van der Waals surface area contributed by atoms with Crippen LogP contribution < -0.4 is 0 Å². The van der Waals surface area contributed by atoms with Gasteiger partial charge >= 0.3 is 5.97 Å². The van der Waals surface area contributed by atoms with Gasteiger partial charge in [0.05, 0.1) is 7.11 Å². The normalized spacial score (nSPS) is 29.9. The van der Waals surface area contributed by atoms with E-state index in [4.69, 9.17) is 0 Å². The SMILES string of the molecule is COC(=O)[C@@H](O)CC1=CC[C@H]2CC=C[C@H]12. The van der Waals surface area contributed by atoms with Crippen LogP contribution in [-0.2, 0) is 9.53 Å². The third-order valence-electron chi connectivity index (χ3n) is 3.30. The van der Waals surface area contributed by atoms with Gasteiger partial charge in [0.15, 0.2) is 6.10 Å². The number of methoxy groups -OCH3 is 1. The van der Waals surface area contributed by atoms with Crippen molar-refractivity contribution in [3.05, 3.63) is 23.8 Å². The highest BCUT2D eigenvalue weighted by Gasteiger charge is 2.32. The molecule has 0 bridgehead atoms. The molecule has 0 radical (unpaired) electrons. The van der Waals surface area contributed by atoms with Crippen LogP contribution in [0.25, 0.3) is 0 Å². The summed E-state index contributed by atoms with van der Waals surface area (Å²) in [5.74, 6) is 0.579. The topological polar surface area (TPSA) is 46.5 Å². The second-order valence-corrected chi connectivity index (χ2v) is 4.21. The summed E-state index contributed by atoms with van der Waals surface area (Å²) < 4.78 is 4.50. The molecular formula is C12H16O3. The first-order valence-corrected chi connectivity index (χ1v) is 5.34. The fraction of sp³-hybridized carbons (Fsp3) is 0.583. The monoisotopic (exact) mass is 208 g/mol. The molecular weight excluding hydrogens is 192 g/mol. The number of hydrogen-bond acceptors (Lipinski definition) is 3. The van der Waals surface area contributed by atoms with Gasteiger partial charge in [-0.1, -0.05) is 23.8 Å². The molecule has 3 nitrogen and oxygen atoms in total. The lowest BCUT2D eigenvalue weighted by Gasteiger charge is -2.15. The number of aliphatic hydroxyl groups is 1. The zero-order valence-electron chi connectivity index (χ0n) is 8.85. The molecule has 0 aromatic rings. The molecule has 3 heteroatoms. The molecule has 0 heterocycles. The molecule has 0 saturated heterocycles. The van der Waals surface area contributed by atoms with Gasteiger partial charge in [-0.25, -0.2) is 4.79 Å². The Morgan fingerprint density at radius 3 is 3.20 bits per heavy atom. The minimum Gasteiger partial charge on any atom is -0.467 e. The third kappa shape index (κ3) is 1.97. The van der Waals surface area contributed by atoms with E-state index in [2.05, 4.69) is 23.0 Å². The van der Waals surface area contributed by atoms with Gasteiger partial charge in [-0.15, -0.1) is 0 Å². The lowest BCUT2D eigenvalue weighted by molar-refractivity contribution is -0.150. The summed E-state index contributed by atoms with van der Waals surface area (Å²) >= 11 is 0. The number of allylic oxidation sites excluding steroid dienone is 3. The van der Waals surface area contributed by atoms with E-state index in [-0.39, 0.29) is 0 Å². The number of esters is 1. The van der Waals surface area contributed by atoms with E-state index in [0.29, 0.717) is 18.3 Å². The fourth-order valence-corrected chi connectivity index (χ4v) is 2.47. The molecule has 3 atom stereocenters. The number of fused-ring (bicyclic) bond motifs is 1. The van der Waals surface area contributed by atoms with Crippen LogP contribution in [0.1, 0.15) is 19.3 Å². The summed E-state index contributed by atoms with van der Waals surface area (Å²) in [7, 11) is 1.30. The van der Waals surface area contributed by atoms with Crippen molar-refractivity contribution in [1.29, 1.82) is 0 Å². The highest BCUT2D eigenvalue weighted by molar-refractivity contribution is 5.74. The van der Waals surface area contributed by atoms with Crippen molar-refractivity contribution < 1.29 is 14.6 Å². The Labute approximate surface area is 89.4 Å². The summed E-state index contributed by atoms with van der Waals surface area (Å²) in [5, 5.41) is 9.56. The van der Waals surface area contributed by atoms with Crippen LogP contribution in [0.4, 0.5) is 0 Å². The van der Waals surface area contributed by atoms with E-state index in [0.717, 1.165) is 12.8 Å². The van der Waals surface area contributed by atoms with Gasteiger partial charge < -0.3 is 9.84 Å². The Bertz CT molecular complexity index is 317. The van der Waals surface area contributed by atoms with Crippen LogP contribution in [0.5, 0.6) is 0 Å². The number of ether oxygens (including phenoxy) is 1. The van der Waals surface area contributed by atoms with Crippen LogP contribution in [0.3, 0.4) is 0 Å². The zero-order valence-corrected chi connectivity index (χ0v) is 8.85. The standard InChI is InChI=1S/C12H16O3/c1-15-12(14)11(13)7-9-6-5-8-3-2-4-10(8)9/h2,4,6,8,10-11,13H,3,5,7H2,1H3/t8-,10+,11+/m1/s1. The minimum absolute atomic E-state index is 0.415. The van der Waals surface area contributed by atoms with Gasteiger partial charge in [0.1, 0.15) is 0 Å². The maximum Gasteiger partial charge on any atom is 0.335 e. The van der Waals surface area contributed by atoms with Crippen LogP contribution in [-0.4, -0.2) is 24.3 Å². The zero-order chi connectivity index (χ0) is 10.8. The lowest BCUT2D eigenvalue weighted by atomic mass is 9.92. The summed E-state index contributed by atoms with van der Waals surface area (Å²) in [6, 6.07) is 0. The Hall–Kier alpha value is -1.09. The lowest BCUT2D eigenvalue weighted by Crippen LogP contribution is -2.23. The Morgan fingerprint density at radius 2 is 2.47 bits per heavy atom. The summed E-state index contributed by atoms with van der Waals surface area (Å²) in [4.78, 5) is 11.1. The first-order chi connectivity index (χ1) is 7.22. The third-order valence-corrected chi connectivity index (χ3v) is 3.30. The van der Waals surface area contributed by atoms with Crippen molar-refractivity contribution in [2.45, 2.75) is 25.4 Å². The quantitative estimate of drug-likeness (QED) is 0.564. The first-order valence-electron chi connectivity index (χ1n) is 5.34. The van der Waals surface area contributed by atoms with E-state index in [1.54, 1.807) is 0 Å². The van der Waals surface area contributed by atoms with Crippen molar-refractivity contribution in [1.82, 2.24) is 0 Å². The van der Waals surface area contributed by atoms with Crippen molar-refractivity contribution in [2.75, 3.05) is 7.11 Å². The number of carbonyl (C=O) groups excluding carboxylic acids is 1. The molecule has 15 heavy (non-hydrogen) atoms.